The molecule has 2 aliphatic rings. The van der Waals surface area contributed by atoms with Gasteiger partial charge in [0.2, 0.25) is 0 Å². The molecule has 0 saturated heterocycles. The van der Waals surface area contributed by atoms with Crippen LogP contribution in [0.3, 0.4) is 0 Å². The van der Waals surface area contributed by atoms with Crippen LogP contribution in [0.5, 0.6) is 0 Å². The molecule has 0 radical (unpaired) electrons. The predicted octanol–water partition coefficient (Wildman–Crippen LogP) is 5.31. The van der Waals surface area contributed by atoms with E-state index in [0.29, 0.717) is 0 Å². The summed E-state index contributed by atoms with van der Waals surface area (Å²) in [5.41, 5.74) is -0.0107. The first kappa shape index (κ1) is 13.9. The number of nitrogens with zero attached hydrogens (tertiary/aromatic N) is 1. The van der Waals surface area contributed by atoms with Crippen molar-refractivity contribution in [1.29, 1.82) is 5.26 Å². The molecule has 0 aromatic carbocycles. The van der Waals surface area contributed by atoms with Crippen LogP contribution >= 0.6 is 0 Å². The molecule has 0 spiro atoms. The van der Waals surface area contributed by atoms with Gasteiger partial charge in [-0.1, -0.05) is 45.4 Å². The van der Waals surface area contributed by atoms with Crippen LogP contribution in [0.4, 0.5) is 0 Å². The average Bonchev–Trinajstić information content (AvgIpc) is 2.40. The molecule has 1 nitrogen and oxygen atoms in total. The van der Waals surface area contributed by atoms with Crippen LogP contribution in [0.2, 0.25) is 0 Å². The second kappa shape index (κ2) is 6.09. The van der Waals surface area contributed by atoms with Crippen LogP contribution in [-0.4, -0.2) is 0 Å². The fourth-order valence-electron chi connectivity index (χ4n) is 4.40. The lowest BCUT2D eigenvalue weighted by Crippen LogP contribution is -2.30. The lowest BCUT2D eigenvalue weighted by molar-refractivity contribution is 0.118. The largest absolute Gasteiger partial charge is 0.198 e. The smallest absolute Gasteiger partial charge is 0.0686 e. The van der Waals surface area contributed by atoms with Gasteiger partial charge in [0.25, 0.3) is 0 Å². The van der Waals surface area contributed by atoms with E-state index in [9.17, 15) is 5.26 Å². The molecule has 0 amide bonds. The minimum absolute atomic E-state index is 0.0107. The van der Waals surface area contributed by atoms with Gasteiger partial charge in [0.15, 0.2) is 0 Å². The van der Waals surface area contributed by atoms with Crippen molar-refractivity contribution in [3.8, 4) is 6.07 Å². The van der Waals surface area contributed by atoms with Crippen molar-refractivity contribution < 1.29 is 0 Å². The molecule has 2 aliphatic carbocycles. The van der Waals surface area contributed by atoms with E-state index in [1.54, 1.807) is 0 Å². The van der Waals surface area contributed by atoms with E-state index >= 15 is 0 Å². The van der Waals surface area contributed by atoms with Crippen molar-refractivity contribution in [2.75, 3.05) is 0 Å². The van der Waals surface area contributed by atoms with Gasteiger partial charge in [-0.05, 0) is 50.4 Å². The Bertz CT molecular complexity index is 295. The highest BCUT2D eigenvalue weighted by molar-refractivity contribution is 5.00. The van der Waals surface area contributed by atoms with Crippen LogP contribution in [-0.2, 0) is 0 Å². The SMILES string of the molecule is CCCC1CCC(C2CCCC(C)(C#N)C2)CC1. The topological polar surface area (TPSA) is 23.8 Å². The molecular weight excluding hydrogens is 218 g/mol. The second-order valence-corrected chi connectivity index (χ2v) is 7.10. The van der Waals surface area contributed by atoms with Gasteiger partial charge in [-0.15, -0.1) is 0 Å². The molecule has 2 atom stereocenters. The first-order valence-corrected chi connectivity index (χ1v) is 8.08. The minimum Gasteiger partial charge on any atom is -0.198 e. The average molecular weight is 247 g/mol. The molecule has 0 N–H and O–H groups in total. The molecule has 0 aromatic rings. The molecule has 0 aromatic heterocycles. The molecule has 0 heterocycles. The Morgan fingerprint density at radius 2 is 1.83 bits per heavy atom. The Balaban J connectivity index is 1.84. The van der Waals surface area contributed by atoms with Crippen molar-refractivity contribution in [2.24, 2.45) is 23.2 Å². The normalized spacial score (nSPS) is 41.3. The fourth-order valence-corrected chi connectivity index (χ4v) is 4.40. The summed E-state index contributed by atoms with van der Waals surface area (Å²) >= 11 is 0. The highest BCUT2D eigenvalue weighted by Crippen LogP contribution is 2.46. The van der Waals surface area contributed by atoms with Gasteiger partial charge in [0.05, 0.1) is 11.5 Å². The van der Waals surface area contributed by atoms with Crippen molar-refractivity contribution in [3.63, 3.8) is 0 Å². The van der Waals surface area contributed by atoms with Crippen molar-refractivity contribution in [2.45, 2.75) is 78.1 Å². The fraction of sp³-hybridized carbons (Fsp3) is 0.941. The number of rotatable bonds is 3. The molecule has 18 heavy (non-hydrogen) atoms. The molecule has 102 valence electrons. The van der Waals surface area contributed by atoms with Crippen molar-refractivity contribution in [1.82, 2.24) is 0 Å². The standard InChI is InChI=1S/C17H29N/c1-3-5-14-7-9-15(10-8-14)16-6-4-11-17(2,12-16)13-18/h14-16H,3-12H2,1-2H3. The molecule has 0 aliphatic heterocycles. The third-order valence-electron chi connectivity index (χ3n) is 5.54. The highest BCUT2D eigenvalue weighted by Gasteiger charge is 2.36. The Labute approximate surface area is 113 Å². The van der Waals surface area contributed by atoms with Crippen LogP contribution in [0.15, 0.2) is 0 Å². The zero-order chi connectivity index (χ0) is 13.0. The molecule has 2 rings (SSSR count). The summed E-state index contributed by atoms with van der Waals surface area (Å²) in [4.78, 5) is 0. The Morgan fingerprint density at radius 1 is 1.11 bits per heavy atom. The zero-order valence-electron chi connectivity index (χ0n) is 12.3. The van der Waals surface area contributed by atoms with Crippen LogP contribution in [0.1, 0.15) is 78.1 Å². The van der Waals surface area contributed by atoms with Gasteiger partial charge in [-0.25, -0.2) is 0 Å². The Morgan fingerprint density at radius 3 is 2.44 bits per heavy atom. The second-order valence-electron chi connectivity index (χ2n) is 7.10. The van der Waals surface area contributed by atoms with E-state index in [-0.39, 0.29) is 5.41 Å². The van der Waals surface area contributed by atoms with E-state index in [1.807, 2.05) is 0 Å². The Hall–Kier alpha value is -0.510. The minimum atomic E-state index is -0.0107. The van der Waals surface area contributed by atoms with E-state index in [1.165, 1.54) is 57.8 Å². The third kappa shape index (κ3) is 3.28. The van der Waals surface area contributed by atoms with Gasteiger partial charge in [-0.3, -0.25) is 0 Å². The van der Waals surface area contributed by atoms with Gasteiger partial charge in [-0.2, -0.15) is 5.26 Å². The van der Waals surface area contributed by atoms with Crippen LogP contribution in [0, 0.1) is 34.5 Å². The number of hydrogen-bond donors (Lipinski definition) is 0. The Kier molecular flexibility index (Phi) is 4.71. The van der Waals surface area contributed by atoms with E-state index in [0.717, 1.165) is 24.2 Å². The third-order valence-corrected chi connectivity index (χ3v) is 5.54. The maximum atomic E-state index is 9.33. The predicted molar refractivity (Wildman–Crippen MR) is 76.0 cm³/mol. The first-order chi connectivity index (χ1) is 8.67. The maximum absolute atomic E-state index is 9.33. The van der Waals surface area contributed by atoms with E-state index in [4.69, 9.17) is 0 Å². The molecule has 2 unspecified atom stereocenters. The van der Waals surface area contributed by atoms with Crippen molar-refractivity contribution >= 4 is 0 Å². The van der Waals surface area contributed by atoms with Gasteiger partial charge in [0.1, 0.15) is 0 Å². The molecule has 2 saturated carbocycles. The summed E-state index contributed by atoms with van der Waals surface area (Å²) in [5, 5.41) is 9.33. The van der Waals surface area contributed by atoms with Crippen LogP contribution < -0.4 is 0 Å². The lowest BCUT2D eigenvalue weighted by atomic mass is 9.64. The summed E-state index contributed by atoms with van der Waals surface area (Å²) in [6, 6.07) is 2.58. The summed E-state index contributed by atoms with van der Waals surface area (Å²) < 4.78 is 0. The number of hydrogen-bond acceptors (Lipinski definition) is 1. The summed E-state index contributed by atoms with van der Waals surface area (Å²) in [6.45, 7) is 4.49. The molecule has 2 fully saturated rings. The van der Waals surface area contributed by atoms with Gasteiger partial charge < -0.3 is 0 Å². The molecule has 0 bridgehead atoms. The summed E-state index contributed by atoms with van der Waals surface area (Å²) in [7, 11) is 0. The zero-order valence-corrected chi connectivity index (χ0v) is 12.3. The van der Waals surface area contributed by atoms with Crippen molar-refractivity contribution in [3.05, 3.63) is 0 Å². The summed E-state index contributed by atoms with van der Waals surface area (Å²) in [5.74, 6) is 2.80. The van der Waals surface area contributed by atoms with E-state index in [2.05, 4.69) is 19.9 Å². The number of nitriles is 1. The molecule has 1 heteroatoms. The lowest BCUT2D eigenvalue weighted by Gasteiger charge is -2.40. The van der Waals surface area contributed by atoms with Gasteiger partial charge >= 0.3 is 0 Å². The van der Waals surface area contributed by atoms with E-state index < -0.39 is 0 Å². The summed E-state index contributed by atoms with van der Waals surface area (Å²) in [6.07, 6.45) is 13.6. The quantitative estimate of drug-likeness (QED) is 0.662. The molecular formula is C17H29N. The first-order valence-electron chi connectivity index (χ1n) is 8.08. The van der Waals surface area contributed by atoms with Gasteiger partial charge in [0, 0.05) is 0 Å². The maximum Gasteiger partial charge on any atom is 0.0686 e. The monoisotopic (exact) mass is 247 g/mol. The highest BCUT2D eigenvalue weighted by atomic mass is 14.4. The van der Waals surface area contributed by atoms with Crippen LogP contribution in [0.25, 0.3) is 0 Å².